The van der Waals surface area contributed by atoms with Crippen LogP contribution < -0.4 is 14.8 Å². The number of aryl methyl sites for hydroxylation is 1. The van der Waals surface area contributed by atoms with Crippen LogP contribution in [0.2, 0.25) is 0 Å². The lowest BCUT2D eigenvalue weighted by Crippen LogP contribution is -2.28. The van der Waals surface area contributed by atoms with Crippen molar-refractivity contribution in [2.24, 2.45) is 0 Å². The molecule has 19 heavy (non-hydrogen) atoms. The number of hydrogen-bond donors (Lipinski definition) is 2. The third kappa shape index (κ3) is 2.43. The molecule has 0 spiro atoms. The van der Waals surface area contributed by atoms with Gasteiger partial charge in [-0.25, -0.2) is 13.1 Å². The number of sulfonamides is 1. The first kappa shape index (κ1) is 12.4. The summed E-state index contributed by atoms with van der Waals surface area (Å²) in [7, 11) is -3.52. The Hall–Kier alpha value is -1.60. The summed E-state index contributed by atoms with van der Waals surface area (Å²) in [6.45, 7) is 1.61. The van der Waals surface area contributed by atoms with Gasteiger partial charge in [0.05, 0.1) is 10.6 Å². The quantitative estimate of drug-likeness (QED) is 0.857. The lowest BCUT2D eigenvalue weighted by Gasteiger charge is -2.20. The smallest absolute Gasteiger partial charge is 0.262 e. The standard InChI is InChI=1S/C12H14N2O4S/c1-7-4-9-10(18-6-12(15)13-9)5-11(7)19(16,17)14-8-2-3-8/h4-5,8,14H,2-3,6H2,1H3,(H,13,15). The van der Waals surface area contributed by atoms with Gasteiger partial charge in [0.25, 0.3) is 5.91 Å². The zero-order chi connectivity index (χ0) is 13.6. The normalized spacial score (nSPS) is 18.5. The molecular formula is C12H14N2O4S. The van der Waals surface area contributed by atoms with Crippen molar-refractivity contribution in [2.45, 2.75) is 30.7 Å². The van der Waals surface area contributed by atoms with Gasteiger partial charge in [0, 0.05) is 12.1 Å². The first-order chi connectivity index (χ1) is 8.95. The summed E-state index contributed by atoms with van der Waals surface area (Å²) in [5.41, 5.74) is 1.09. The van der Waals surface area contributed by atoms with Crippen LogP contribution in [-0.4, -0.2) is 27.0 Å². The molecule has 6 nitrogen and oxygen atoms in total. The molecule has 2 N–H and O–H groups in total. The summed E-state index contributed by atoms with van der Waals surface area (Å²) in [6, 6.07) is 3.14. The Kier molecular flexibility index (Phi) is 2.75. The number of fused-ring (bicyclic) bond motifs is 1. The SMILES string of the molecule is Cc1cc2c(cc1S(=O)(=O)NC1CC1)OCC(=O)N2. The Balaban J connectivity index is 2.00. The second kappa shape index (κ2) is 4.21. The number of hydrogen-bond acceptors (Lipinski definition) is 4. The Morgan fingerprint density at radius 1 is 1.37 bits per heavy atom. The zero-order valence-electron chi connectivity index (χ0n) is 10.4. The second-order valence-corrected chi connectivity index (χ2v) is 6.53. The molecule has 0 atom stereocenters. The van der Waals surface area contributed by atoms with Crippen molar-refractivity contribution >= 4 is 21.6 Å². The monoisotopic (exact) mass is 282 g/mol. The summed E-state index contributed by atoms with van der Waals surface area (Å²) < 4.78 is 32.3. The highest BCUT2D eigenvalue weighted by Gasteiger charge is 2.30. The van der Waals surface area contributed by atoms with E-state index in [-0.39, 0.29) is 23.5 Å². The van der Waals surface area contributed by atoms with Crippen LogP contribution in [0.5, 0.6) is 5.75 Å². The zero-order valence-corrected chi connectivity index (χ0v) is 11.2. The summed E-state index contributed by atoms with van der Waals surface area (Å²) in [6.07, 6.45) is 1.77. The van der Waals surface area contributed by atoms with Gasteiger partial charge in [0.15, 0.2) is 6.61 Å². The molecule has 102 valence electrons. The lowest BCUT2D eigenvalue weighted by atomic mass is 10.2. The van der Waals surface area contributed by atoms with Crippen LogP contribution in [0.25, 0.3) is 0 Å². The van der Waals surface area contributed by atoms with Crippen LogP contribution in [-0.2, 0) is 14.8 Å². The lowest BCUT2D eigenvalue weighted by molar-refractivity contribution is -0.118. The molecule has 1 amide bonds. The summed E-state index contributed by atoms with van der Waals surface area (Å²) in [5.74, 6) is 0.153. The molecule has 1 aromatic carbocycles. The highest BCUT2D eigenvalue weighted by atomic mass is 32.2. The Morgan fingerprint density at radius 3 is 2.79 bits per heavy atom. The fourth-order valence-electron chi connectivity index (χ4n) is 1.99. The van der Waals surface area contributed by atoms with Crippen LogP contribution in [0, 0.1) is 6.92 Å². The summed E-state index contributed by atoms with van der Waals surface area (Å²) in [5, 5.41) is 2.65. The molecule has 1 heterocycles. The fraction of sp³-hybridized carbons (Fsp3) is 0.417. The van der Waals surface area contributed by atoms with E-state index in [4.69, 9.17) is 4.74 Å². The minimum Gasteiger partial charge on any atom is -0.482 e. The van der Waals surface area contributed by atoms with E-state index in [1.165, 1.54) is 6.07 Å². The van der Waals surface area contributed by atoms with E-state index in [2.05, 4.69) is 10.0 Å². The van der Waals surface area contributed by atoms with E-state index in [9.17, 15) is 13.2 Å². The highest BCUT2D eigenvalue weighted by Crippen LogP contribution is 2.33. The topological polar surface area (TPSA) is 84.5 Å². The van der Waals surface area contributed by atoms with Gasteiger partial charge >= 0.3 is 0 Å². The minimum atomic E-state index is -3.52. The number of benzene rings is 1. The van der Waals surface area contributed by atoms with Gasteiger partial charge in [-0.2, -0.15) is 0 Å². The van der Waals surface area contributed by atoms with Crippen molar-refractivity contribution in [1.82, 2.24) is 4.72 Å². The molecule has 7 heteroatoms. The first-order valence-electron chi connectivity index (χ1n) is 6.05. The maximum atomic E-state index is 12.2. The molecule has 1 aliphatic carbocycles. The van der Waals surface area contributed by atoms with Crippen molar-refractivity contribution < 1.29 is 17.9 Å². The van der Waals surface area contributed by atoms with E-state index in [0.717, 1.165) is 12.8 Å². The summed E-state index contributed by atoms with van der Waals surface area (Å²) >= 11 is 0. The van der Waals surface area contributed by atoms with E-state index in [1.54, 1.807) is 13.0 Å². The second-order valence-electron chi connectivity index (χ2n) is 4.85. The van der Waals surface area contributed by atoms with E-state index < -0.39 is 10.0 Å². The molecular weight excluding hydrogens is 268 g/mol. The highest BCUT2D eigenvalue weighted by molar-refractivity contribution is 7.89. The number of carbonyl (C=O) groups is 1. The van der Waals surface area contributed by atoms with E-state index in [0.29, 0.717) is 17.0 Å². The van der Waals surface area contributed by atoms with Crippen LogP contribution in [0.1, 0.15) is 18.4 Å². The van der Waals surface area contributed by atoms with Crippen LogP contribution in [0.3, 0.4) is 0 Å². The van der Waals surface area contributed by atoms with Crippen molar-refractivity contribution in [3.8, 4) is 5.75 Å². The largest absolute Gasteiger partial charge is 0.482 e. The molecule has 1 fully saturated rings. The molecule has 1 aromatic rings. The van der Waals surface area contributed by atoms with Crippen molar-refractivity contribution in [2.75, 3.05) is 11.9 Å². The van der Waals surface area contributed by atoms with Gasteiger partial charge in [0.1, 0.15) is 5.75 Å². The predicted molar refractivity (Wildman–Crippen MR) is 68.6 cm³/mol. The van der Waals surface area contributed by atoms with Gasteiger partial charge in [-0.15, -0.1) is 0 Å². The van der Waals surface area contributed by atoms with Gasteiger partial charge in [-0.3, -0.25) is 4.79 Å². The Morgan fingerprint density at radius 2 is 2.11 bits per heavy atom. The molecule has 0 saturated heterocycles. The van der Waals surface area contributed by atoms with Crippen LogP contribution in [0.4, 0.5) is 5.69 Å². The predicted octanol–water partition coefficient (Wildman–Crippen LogP) is 0.767. The number of amides is 1. The third-order valence-electron chi connectivity index (χ3n) is 3.10. The van der Waals surface area contributed by atoms with Gasteiger partial charge in [-0.1, -0.05) is 0 Å². The van der Waals surface area contributed by atoms with E-state index >= 15 is 0 Å². The number of anilines is 1. The molecule has 0 unspecified atom stereocenters. The maximum Gasteiger partial charge on any atom is 0.262 e. The van der Waals surface area contributed by atoms with Gasteiger partial charge in [-0.05, 0) is 31.4 Å². The van der Waals surface area contributed by atoms with Crippen molar-refractivity contribution in [1.29, 1.82) is 0 Å². The molecule has 1 saturated carbocycles. The number of rotatable bonds is 3. The average molecular weight is 282 g/mol. The number of nitrogens with one attached hydrogen (secondary N) is 2. The molecule has 0 radical (unpaired) electrons. The van der Waals surface area contributed by atoms with Crippen molar-refractivity contribution in [3.63, 3.8) is 0 Å². The fourth-order valence-corrected chi connectivity index (χ4v) is 3.54. The first-order valence-corrected chi connectivity index (χ1v) is 7.54. The molecule has 1 aliphatic heterocycles. The number of ether oxygens (including phenoxy) is 1. The van der Waals surface area contributed by atoms with Crippen LogP contribution in [0.15, 0.2) is 17.0 Å². The third-order valence-corrected chi connectivity index (χ3v) is 4.76. The van der Waals surface area contributed by atoms with Crippen molar-refractivity contribution in [3.05, 3.63) is 17.7 Å². The van der Waals surface area contributed by atoms with Crippen LogP contribution >= 0.6 is 0 Å². The maximum absolute atomic E-state index is 12.2. The summed E-state index contributed by atoms with van der Waals surface area (Å²) in [4.78, 5) is 11.4. The number of carbonyl (C=O) groups excluding carboxylic acids is 1. The minimum absolute atomic E-state index is 0.0565. The Bertz CT molecular complexity index is 650. The Labute approximate surface area is 111 Å². The molecule has 2 aliphatic rings. The van der Waals surface area contributed by atoms with Gasteiger partial charge < -0.3 is 10.1 Å². The molecule has 0 bridgehead atoms. The molecule has 0 aromatic heterocycles. The van der Waals surface area contributed by atoms with E-state index in [1.807, 2.05) is 0 Å². The average Bonchev–Trinajstić information content (AvgIpc) is 3.10. The molecule has 3 rings (SSSR count). The van der Waals surface area contributed by atoms with Gasteiger partial charge in [0.2, 0.25) is 10.0 Å².